The smallest absolute Gasteiger partial charge is 0.310 e. The molecule has 92 valence electrons. The Labute approximate surface area is 105 Å². The van der Waals surface area contributed by atoms with Gasteiger partial charge in [0, 0.05) is 44.0 Å². The Balaban J connectivity index is 1.79. The molecule has 2 aromatic rings. The van der Waals surface area contributed by atoms with E-state index in [9.17, 15) is 4.79 Å². The highest BCUT2D eigenvalue weighted by atomic mass is 32.1. The molecule has 2 aromatic heterocycles. The fraction of sp³-hybridized carbons (Fsp3) is 0.417. The Kier molecular flexibility index (Phi) is 3.81. The highest BCUT2D eigenvalue weighted by Crippen LogP contribution is 2.14. The van der Waals surface area contributed by atoms with Gasteiger partial charge < -0.3 is 9.88 Å². The minimum Gasteiger partial charge on any atom is -0.310 e. The van der Waals surface area contributed by atoms with Gasteiger partial charge >= 0.3 is 5.69 Å². The van der Waals surface area contributed by atoms with Gasteiger partial charge in [-0.2, -0.15) is 0 Å². The lowest BCUT2D eigenvalue weighted by atomic mass is 10.3. The number of nitrogens with zero attached hydrogens (tertiary/aromatic N) is 2. The van der Waals surface area contributed by atoms with Gasteiger partial charge in [-0.15, -0.1) is 11.3 Å². The van der Waals surface area contributed by atoms with Crippen LogP contribution in [0.15, 0.2) is 28.6 Å². The summed E-state index contributed by atoms with van der Waals surface area (Å²) >= 11 is 1.77. The standard InChI is InChI=1S/C12H17N3OS/c1-10-3-8-17-11(10)9-13-4-5-15-7-6-14(2)12(15)16/h3,6-8,13H,4-5,9H2,1-2H3. The second kappa shape index (κ2) is 5.33. The summed E-state index contributed by atoms with van der Waals surface area (Å²) in [5.41, 5.74) is 1.37. The molecule has 17 heavy (non-hydrogen) atoms. The third-order valence-corrected chi connectivity index (χ3v) is 3.82. The first-order valence-corrected chi connectivity index (χ1v) is 6.52. The molecule has 5 heteroatoms. The van der Waals surface area contributed by atoms with Crippen molar-refractivity contribution in [2.24, 2.45) is 7.05 Å². The molecule has 4 nitrogen and oxygen atoms in total. The molecule has 0 aliphatic rings. The van der Waals surface area contributed by atoms with Gasteiger partial charge in [-0.1, -0.05) is 0 Å². The van der Waals surface area contributed by atoms with Crippen molar-refractivity contribution in [1.29, 1.82) is 0 Å². The van der Waals surface area contributed by atoms with Crippen LogP contribution >= 0.6 is 11.3 Å². The fourth-order valence-corrected chi connectivity index (χ4v) is 2.54. The first kappa shape index (κ1) is 12.1. The number of thiophene rings is 1. The van der Waals surface area contributed by atoms with Crippen LogP contribution in [0.5, 0.6) is 0 Å². The van der Waals surface area contributed by atoms with Crippen molar-refractivity contribution < 1.29 is 0 Å². The topological polar surface area (TPSA) is 39.0 Å². The minimum absolute atomic E-state index is 0.0408. The lowest BCUT2D eigenvalue weighted by Gasteiger charge is -2.04. The Morgan fingerprint density at radius 2 is 2.24 bits per heavy atom. The van der Waals surface area contributed by atoms with Crippen LogP contribution in [0.2, 0.25) is 0 Å². The number of hydrogen-bond acceptors (Lipinski definition) is 3. The number of aryl methyl sites for hydroxylation is 2. The molecule has 0 aliphatic carbocycles. The number of nitrogens with one attached hydrogen (secondary N) is 1. The zero-order valence-electron chi connectivity index (χ0n) is 10.1. The van der Waals surface area contributed by atoms with Crippen molar-refractivity contribution in [3.8, 4) is 0 Å². The predicted octanol–water partition coefficient (Wildman–Crippen LogP) is 1.35. The van der Waals surface area contributed by atoms with Crippen LogP contribution in [0, 0.1) is 6.92 Å². The van der Waals surface area contributed by atoms with Crippen molar-refractivity contribution in [2.45, 2.75) is 20.0 Å². The summed E-state index contributed by atoms with van der Waals surface area (Å²) in [4.78, 5) is 12.9. The lowest BCUT2D eigenvalue weighted by molar-refractivity contribution is 0.580. The monoisotopic (exact) mass is 251 g/mol. The number of hydrogen-bond donors (Lipinski definition) is 1. The summed E-state index contributed by atoms with van der Waals surface area (Å²) in [5.74, 6) is 0. The largest absolute Gasteiger partial charge is 0.327 e. The molecule has 1 N–H and O–H groups in total. The molecule has 0 atom stereocenters. The quantitative estimate of drug-likeness (QED) is 0.815. The van der Waals surface area contributed by atoms with Gasteiger partial charge in [0.2, 0.25) is 0 Å². The molecule has 2 rings (SSSR count). The maximum absolute atomic E-state index is 11.5. The van der Waals surface area contributed by atoms with Crippen LogP contribution in [0.4, 0.5) is 0 Å². The average Bonchev–Trinajstić information content (AvgIpc) is 2.85. The molecular formula is C12H17N3OS. The molecule has 0 aromatic carbocycles. The third kappa shape index (κ3) is 2.87. The third-order valence-electron chi connectivity index (χ3n) is 2.80. The van der Waals surface area contributed by atoms with Gasteiger partial charge in [-0.05, 0) is 23.9 Å². The van der Waals surface area contributed by atoms with E-state index in [0.717, 1.165) is 13.1 Å². The summed E-state index contributed by atoms with van der Waals surface area (Å²) in [5, 5.41) is 5.46. The molecule has 0 amide bonds. The molecule has 2 heterocycles. The van der Waals surface area contributed by atoms with Gasteiger partial charge in [0.05, 0.1) is 0 Å². The Morgan fingerprint density at radius 3 is 2.82 bits per heavy atom. The minimum atomic E-state index is 0.0408. The molecule has 0 radical (unpaired) electrons. The number of imidazole rings is 1. The van der Waals surface area contributed by atoms with Gasteiger partial charge in [-0.3, -0.25) is 4.57 Å². The molecule has 0 spiro atoms. The van der Waals surface area contributed by atoms with E-state index in [1.54, 1.807) is 33.7 Å². The summed E-state index contributed by atoms with van der Waals surface area (Å²) in [7, 11) is 1.77. The Bertz CT molecular complexity index is 538. The lowest BCUT2D eigenvalue weighted by Crippen LogP contribution is -2.27. The molecule has 0 bridgehead atoms. The van der Waals surface area contributed by atoms with E-state index >= 15 is 0 Å². The van der Waals surface area contributed by atoms with Crippen molar-refractivity contribution in [2.75, 3.05) is 6.54 Å². The van der Waals surface area contributed by atoms with E-state index in [1.165, 1.54) is 10.4 Å². The SMILES string of the molecule is Cc1ccsc1CNCCn1ccn(C)c1=O. The van der Waals surface area contributed by atoms with Crippen LogP contribution in [0.1, 0.15) is 10.4 Å². The molecule has 0 saturated heterocycles. The summed E-state index contributed by atoms with van der Waals surface area (Å²) in [6, 6.07) is 2.13. The number of aromatic nitrogens is 2. The van der Waals surface area contributed by atoms with Crippen LogP contribution in [-0.2, 0) is 20.1 Å². The van der Waals surface area contributed by atoms with Crippen LogP contribution < -0.4 is 11.0 Å². The van der Waals surface area contributed by atoms with Crippen molar-refractivity contribution >= 4 is 11.3 Å². The predicted molar refractivity (Wildman–Crippen MR) is 70.4 cm³/mol. The Morgan fingerprint density at radius 1 is 1.41 bits per heavy atom. The van der Waals surface area contributed by atoms with Crippen molar-refractivity contribution in [1.82, 2.24) is 14.5 Å². The zero-order chi connectivity index (χ0) is 12.3. The van der Waals surface area contributed by atoms with Crippen LogP contribution in [-0.4, -0.2) is 15.7 Å². The maximum atomic E-state index is 11.5. The van der Waals surface area contributed by atoms with E-state index in [4.69, 9.17) is 0 Å². The van der Waals surface area contributed by atoms with Gasteiger partial charge in [-0.25, -0.2) is 4.79 Å². The zero-order valence-corrected chi connectivity index (χ0v) is 11.0. The van der Waals surface area contributed by atoms with Crippen LogP contribution in [0.25, 0.3) is 0 Å². The fourth-order valence-electron chi connectivity index (χ4n) is 1.67. The van der Waals surface area contributed by atoms with Gasteiger partial charge in [0.1, 0.15) is 0 Å². The van der Waals surface area contributed by atoms with E-state index < -0.39 is 0 Å². The second-order valence-electron chi connectivity index (χ2n) is 4.09. The van der Waals surface area contributed by atoms with E-state index in [-0.39, 0.29) is 5.69 Å². The first-order valence-electron chi connectivity index (χ1n) is 5.64. The maximum Gasteiger partial charge on any atom is 0.327 e. The average molecular weight is 251 g/mol. The normalized spacial score (nSPS) is 10.9. The van der Waals surface area contributed by atoms with Crippen molar-refractivity contribution in [3.05, 3.63) is 44.8 Å². The van der Waals surface area contributed by atoms with Gasteiger partial charge in [0.25, 0.3) is 0 Å². The number of rotatable bonds is 5. The summed E-state index contributed by atoms with van der Waals surface area (Å²) < 4.78 is 3.30. The van der Waals surface area contributed by atoms with E-state index in [1.807, 2.05) is 6.20 Å². The summed E-state index contributed by atoms with van der Waals surface area (Å²) in [6.45, 7) is 4.52. The van der Waals surface area contributed by atoms with E-state index in [2.05, 4.69) is 23.7 Å². The van der Waals surface area contributed by atoms with E-state index in [0.29, 0.717) is 6.54 Å². The summed E-state index contributed by atoms with van der Waals surface area (Å²) in [6.07, 6.45) is 3.60. The first-order chi connectivity index (χ1) is 8.18. The molecular weight excluding hydrogens is 234 g/mol. The van der Waals surface area contributed by atoms with Crippen LogP contribution in [0.3, 0.4) is 0 Å². The molecule has 0 saturated carbocycles. The van der Waals surface area contributed by atoms with Gasteiger partial charge in [0.15, 0.2) is 0 Å². The van der Waals surface area contributed by atoms with Crippen molar-refractivity contribution in [3.63, 3.8) is 0 Å². The molecule has 0 fully saturated rings. The second-order valence-corrected chi connectivity index (χ2v) is 5.09. The molecule has 0 unspecified atom stereocenters. The highest BCUT2D eigenvalue weighted by Gasteiger charge is 2.00. The molecule has 0 aliphatic heterocycles. The highest BCUT2D eigenvalue weighted by molar-refractivity contribution is 7.10. The Hall–Kier alpha value is -1.33.